The molecule has 1 N–H and O–H groups in total. The van der Waals surface area contributed by atoms with E-state index in [2.05, 4.69) is 4.72 Å². The maximum absolute atomic E-state index is 12.7. The lowest BCUT2D eigenvalue weighted by atomic mass is 10.2. The van der Waals surface area contributed by atoms with Crippen LogP contribution in [0.3, 0.4) is 0 Å². The zero-order valence-electron chi connectivity index (χ0n) is 18.5. The van der Waals surface area contributed by atoms with Crippen molar-refractivity contribution in [3.63, 3.8) is 0 Å². The van der Waals surface area contributed by atoms with Gasteiger partial charge in [0.1, 0.15) is 12.4 Å². The van der Waals surface area contributed by atoms with E-state index in [1.165, 1.54) is 44.4 Å². The molecule has 0 atom stereocenters. The molecule has 1 heterocycles. The van der Waals surface area contributed by atoms with Crippen LogP contribution in [0.4, 0.5) is 5.69 Å². The molecule has 0 spiro atoms. The van der Waals surface area contributed by atoms with E-state index in [0.717, 1.165) is 28.4 Å². The molecule has 33 heavy (non-hydrogen) atoms. The highest BCUT2D eigenvalue weighted by Gasteiger charge is 2.36. The van der Waals surface area contributed by atoms with Crippen molar-refractivity contribution < 1.29 is 26.4 Å². The van der Waals surface area contributed by atoms with Crippen LogP contribution in [0.15, 0.2) is 52.3 Å². The molecule has 9 nitrogen and oxygen atoms in total. The summed E-state index contributed by atoms with van der Waals surface area (Å²) in [5, 5.41) is 0. The zero-order valence-corrected chi connectivity index (χ0v) is 20.2. The van der Waals surface area contributed by atoms with Gasteiger partial charge in [0.25, 0.3) is 0 Å². The first kappa shape index (κ1) is 23.7. The van der Waals surface area contributed by atoms with Gasteiger partial charge in [-0.3, -0.25) is 4.79 Å². The number of carbonyl (C=O) groups excluding carboxylic acids is 1. The van der Waals surface area contributed by atoms with Crippen LogP contribution in [0.2, 0.25) is 0 Å². The Hall–Kier alpha value is -2.47. The number of sulfonamides is 2. The number of fused-ring (bicyclic) bond motifs is 1. The standard InChI is InChI=1S/C22H27N3O6S2/c1-24(2)33(29,30)19-7-5-18(6-8-19)31-14-12-23-32(27,28)20-9-10-21-17(15-20)11-13-25(21)22(26)16-3-4-16/h5-10,15-16,23H,3-4,11-14H2,1-2H3. The molecule has 0 radical (unpaired) electrons. The second kappa shape index (κ2) is 9.05. The molecule has 4 rings (SSSR count). The highest BCUT2D eigenvalue weighted by atomic mass is 32.2. The zero-order chi connectivity index (χ0) is 23.8. The smallest absolute Gasteiger partial charge is 0.242 e. The highest BCUT2D eigenvalue weighted by molar-refractivity contribution is 7.89. The fraction of sp³-hybridized carbons (Fsp3) is 0.409. The molecule has 0 unspecified atom stereocenters. The number of nitrogens with zero attached hydrogens (tertiary/aromatic N) is 2. The van der Waals surface area contributed by atoms with Crippen LogP contribution in [0.25, 0.3) is 0 Å². The lowest BCUT2D eigenvalue weighted by Gasteiger charge is -2.17. The van der Waals surface area contributed by atoms with Crippen molar-refractivity contribution in [3.05, 3.63) is 48.0 Å². The summed E-state index contributed by atoms with van der Waals surface area (Å²) in [6.45, 7) is 0.709. The Kier molecular flexibility index (Phi) is 6.50. The summed E-state index contributed by atoms with van der Waals surface area (Å²) >= 11 is 0. The Morgan fingerprint density at radius 1 is 1.06 bits per heavy atom. The Morgan fingerprint density at radius 2 is 1.73 bits per heavy atom. The molecular formula is C22H27N3O6S2. The van der Waals surface area contributed by atoms with Crippen LogP contribution in [-0.4, -0.2) is 60.8 Å². The number of benzene rings is 2. The molecule has 1 aliphatic carbocycles. The minimum Gasteiger partial charge on any atom is -0.492 e. The van der Waals surface area contributed by atoms with Crippen molar-refractivity contribution in [1.82, 2.24) is 9.03 Å². The van der Waals surface area contributed by atoms with Gasteiger partial charge in [0.15, 0.2) is 0 Å². The first-order valence-corrected chi connectivity index (χ1v) is 13.6. The summed E-state index contributed by atoms with van der Waals surface area (Å²) in [7, 11) is -4.34. The number of anilines is 1. The lowest BCUT2D eigenvalue weighted by molar-refractivity contribution is -0.119. The highest BCUT2D eigenvalue weighted by Crippen LogP contribution is 2.37. The van der Waals surface area contributed by atoms with Gasteiger partial charge in [0.2, 0.25) is 26.0 Å². The monoisotopic (exact) mass is 493 g/mol. The summed E-state index contributed by atoms with van der Waals surface area (Å²) in [4.78, 5) is 14.5. The molecule has 2 aromatic carbocycles. The molecule has 1 amide bonds. The SMILES string of the molecule is CN(C)S(=O)(=O)c1ccc(OCCNS(=O)(=O)c2ccc3c(c2)CCN3C(=O)C2CC2)cc1. The van der Waals surface area contributed by atoms with Gasteiger partial charge < -0.3 is 9.64 Å². The van der Waals surface area contributed by atoms with E-state index < -0.39 is 20.0 Å². The third-order valence-corrected chi connectivity index (χ3v) is 9.00. The summed E-state index contributed by atoms with van der Waals surface area (Å²) in [5.74, 6) is 0.687. The third kappa shape index (κ3) is 5.06. The Morgan fingerprint density at radius 3 is 2.36 bits per heavy atom. The number of amides is 1. The number of hydrogen-bond acceptors (Lipinski definition) is 6. The number of hydrogen-bond donors (Lipinski definition) is 1. The predicted molar refractivity (Wildman–Crippen MR) is 123 cm³/mol. The predicted octanol–water partition coefficient (Wildman–Crippen LogP) is 1.59. The fourth-order valence-corrected chi connectivity index (χ4v) is 5.64. The van der Waals surface area contributed by atoms with Crippen molar-refractivity contribution in [1.29, 1.82) is 0 Å². The van der Waals surface area contributed by atoms with Crippen molar-refractivity contribution in [2.75, 3.05) is 38.7 Å². The molecule has 1 saturated carbocycles. The van der Waals surface area contributed by atoms with Crippen LogP contribution < -0.4 is 14.4 Å². The second-order valence-electron chi connectivity index (χ2n) is 8.31. The average Bonchev–Trinajstić information content (AvgIpc) is 3.55. The minimum atomic E-state index is -3.73. The van der Waals surface area contributed by atoms with E-state index in [-0.39, 0.29) is 34.8 Å². The lowest BCUT2D eigenvalue weighted by Crippen LogP contribution is -2.30. The quantitative estimate of drug-likeness (QED) is 0.531. The van der Waals surface area contributed by atoms with Crippen LogP contribution in [0.1, 0.15) is 18.4 Å². The van der Waals surface area contributed by atoms with Crippen LogP contribution in [-0.2, 0) is 31.3 Å². The van der Waals surface area contributed by atoms with Crippen molar-refractivity contribution >= 4 is 31.6 Å². The molecule has 2 aromatic rings. The first-order valence-electron chi connectivity index (χ1n) is 10.7. The van der Waals surface area contributed by atoms with E-state index in [0.29, 0.717) is 18.7 Å². The van der Waals surface area contributed by atoms with E-state index in [1.54, 1.807) is 17.0 Å². The molecule has 1 fully saturated rings. The third-order valence-electron chi connectivity index (χ3n) is 5.71. The van der Waals surface area contributed by atoms with E-state index in [1.807, 2.05) is 0 Å². The van der Waals surface area contributed by atoms with Gasteiger partial charge in [-0.2, -0.15) is 0 Å². The maximum Gasteiger partial charge on any atom is 0.242 e. The van der Waals surface area contributed by atoms with Gasteiger partial charge in [-0.05, 0) is 67.3 Å². The largest absolute Gasteiger partial charge is 0.492 e. The van der Waals surface area contributed by atoms with Crippen molar-refractivity contribution in [2.24, 2.45) is 5.92 Å². The van der Waals surface area contributed by atoms with Crippen molar-refractivity contribution in [2.45, 2.75) is 29.1 Å². The summed E-state index contributed by atoms with van der Waals surface area (Å²) in [6.07, 6.45) is 2.50. The minimum absolute atomic E-state index is 0.0451. The van der Waals surface area contributed by atoms with E-state index in [4.69, 9.17) is 4.74 Å². The van der Waals surface area contributed by atoms with Gasteiger partial charge in [-0.1, -0.05) is 0 Å². The topological polar surface area (TPSA) is 113 Å². The van der Waals surface area contributed by atoms with Crippen LogP contribution >= 0.6 is 0 Å². The molecule has 11 heteroatoms. The van der Waals surface area contributed by atoms with E-state index >= 15 is 0 Å². The number of carbonyl (C=O) groups is 1. The maximum atomic E-state index is 12.7. The van der Waals surface area contributed by atoms with Gasteiger partial charge >= 0.3 is 0 Å². The number of ether oxygens (including phenoxy) is 1. The van der Waals surface area contributed by atoms with E-state index in [9.17, 15) is 21.6 Å². The van der Waals surface area contributed by atoms with Gasteiger partial charge in [-0.25, -0.2) is 25.9 Å². The van der Waals surface area contributed by atoms with Crippen LogP contribution in [0.5, 0.6) is 5.75 Å². The summed E-state index contributed by atoms with van der Waals surface area (Å²) in [5.41, 5.74) is 1.66. The molecule has 2 aliphatic rings. The van der Waals surface area contributed by atoms with Gasteiger partial charge in [0, 0.05) is 38.8 Å². The normalized spacial score (nSPS) is 16.2. The Balaban J connectivity index is 1.32. The second-order valence-corrected chi connectivity index (χ2v) is 12.2. The first-order chi connectivity index (χ1) is 15.6. The van der Waals surface area contributed by atoms with Gasteiger partial charge in [0.05, 0.1) is 9.79 Å². The van der Waals surface area contributed by atoms with Gasteiger partial charge in [-0.15, -0.1) is 0 Å². The molecule has 0 saturated heterocycles. The fourth-order valence-electron chi connectivity index (χ4n) is 3.67. The average molecular weight is 494 g/mol. The molecule has 0 bridgehead atoms. The van der Waals surface area contributed by atoms with Crippen LogP contribution in [0, 0.1) is 5.92 Å². The molecule has 0 aromatic heterocycles. The molecule has 178 valence electrons. The Labute approximate surface area is 194 Å². The Bertz CT molecular complexity index is 1250. The number of nitrogens with one attached hydrogen (secondary N) is 1. The molecule has 1 aliphatic heterocycles. The number of rotatable bonds is 9. The summed E-state index contributed by atoms with van der Waals surface area (Å²) < 4.78 is 58.7. The summed E-state index contributed by atoms with van der Waals surface area (Å²) in [6, 6.07) is 10.8. The molecular weight excluding hydrogens is 466 g/mol. The van der Waals surface area contributed by atoms with Crippen molar-refractivity contribution in [3.8, 4) is 5.75 Å².